The lowest BCUT2D eigenvalue weighted by Crippen LogP contribution is -2.21. The quantitative estimate of drug-likeness (QED) is 0.745. The molecule has 0 unspecified atom stereocenters. The number of fused-ring (bicyclic) bond motifs is 2. The molecule has 5 heteroatoms. The molecular formula is C18H17N3O2. The fourth-order valence-corrected chi connectivity index (χ4v) is 2.99. The molecule has 1 aliphatic rings. The smallest absolute Gasteiger partial charge is 0.167 e. The summed E-state index contributed by atoms with van der Waals surface area (Å²) in [5.41, 5.74) is 3.30. The van der Waals surface area contributed by atoms with E-state index in [-0.39, 0.29) is 11.2 Å². The number of hydrogen-bond donors (Lipinski definition) is 1. The van der Waals surface area contributed by atoms with Crippen molar-refractivity contribution in [1.82, 2.24) is 15.0 Å². The Balaban J connectivity index is 1.82. The first-order valence-corrected chi connectivity index (χ1v) is 7.61. The summed E-state index contributed by atoms with van der Waals surface area (Å²) in [4.78, 5) is 23.9. The van der Waals surface area contributed by atoms with Gasteiger partial charge in [-0.3, -0.25) is 4.79 Å². The van der Waals surface area contributed by atoms with E-state index < -0.39 is 0 Å². The SMILES string of the molecule is CC1(C)COc2cc(-c3c[nH]c4ncncc34)ccc2C(=O)C1. The highest BCUT2D eigenvalue weighted by Crippen LogP contribution is 2.36. The number of H-pyrrole nitrogens is 1. The Morgan fingerprint density at radius 3 is 3.00 bits per heavy atom. The molecule has 4 rings (SSSR count). The van der Waals surface area contributed by atoms with Crippen molar-refractivity contribution >= 4 is 16.8 Å². The van der Waals surface area contributed by atoms with E-state index >= 15 is 0 Å². The van der Waals surface area contributed by atoms with E-state index in [4.69, 9.17) is 4.74 Å². The van der Waals surface area contributed by atoms with Gasteiger partial charge in [-0.2, -0.15) is 0 Å². The van der Waals surface area contributed by atoms with Crippen LogP contribution in [-0.4, -0.2) is 27.3 Å². The highest BCUT2D eigenvalue weighted by Gasteiger charge is 2.29. The third kappa shape index (κ3) is 2.38. The van der Waals surface area contributed by atoms with Gasteiger partial charge in [-0.15, -0.1) is 0 Å². The lowest BCUT2D eigenvalue weighted by Gasteiger charge is -2.20. The predicted octanol–water partition coefficient (Wildman–Crippen LogP) is 3.62. The van der Waals surface area contributed by atoms with Gasteiger partial charge in [0.15, 0.2) is 5.78 Å². The molecule has 0 spiro atoms. The number of rotatable bonds is 1. The van der Waals surface area contributed by atoms with Gasteiger partial charge in [-0.05, 0) is 17.7 Å². The van der Waals surface area contributed by atoms with Crippen molar-refractivity contribution in [2.75, 3.05) is 6.61 Å². The maximum Gasteiger partial charge on any atom is 0.167 e. The molecule has 2 aromatic heterocycles. The second-order valence-corrected chi connectivity index (χ2v) is 6.75. The minimum absolute atomic E-state index is 0.135. The number of benzene rings is 1. The number of nitrogens with zero attached hydrogens (tertiary/aromatic N) is 2. The highest BCUT2D eigenvalue weighted by molar-refractivity contribution is 6.01. The summed E-state index contributed by atoms with van der Waals surface area (Å²) in [6.07, 6.45) is 5.71. The fourth-order valence-electron chi connectivity index (χ4n) is 2.99. The normalized spacial score (nSPS) is 16.7. The highest BCUT2D eigenvalue weighted by atomic mass is 16.5. The number of aromatic amines is 1. The molecule has 23 heavy (non-hydrogen) atoms. The van der Waals surface area contributed by atoms with Gasteiger partial charge in [-0.25, -0.2) is 9.97 Å². The molecule has 3 heterocycles. The summed E-state index contributed by atoms with van der Waals surface area (Å²) in [5.74, 6) is 0.792. The van der Waals surface area contributed by atoms with Gasteiger partial charge in [0.1, 0.15) is 17.7 Å². The van der Waals surface area contributed by atoms with Crippen LogP contribution in [0.2, 0.25) is 0 Å². The van der Waals surface area contributed by atoms with Crippen molar-refractivity contribution < 1.29 is 9.53 Å². The molecule has 0 saturated heterocycles. The van der Waals surface area contributed by atoms with Gasteiger partial charge in [0.25, 0.3) is 0 Å². The van der Waals surface area contributed by atoms with Gasteiger partial charge in [-0.1, -0.05) is 19.9 Å². The average molecular weight is 307 g/mol. The third-order valence-corrected chi connectivity index (χ3v) is 4.21. The van der Waals surface area contributed by atoms with E-state index in [1.165, 1.54) is 6.33 Å². The molecule has 0 bridgehead atoms. The molecule has 5 nitrogen and oxygen atoms in total. The number of Topliss-reactive ketones (excluding diaryl/α,β-unsaturated/α-hetero) is 1. The maximum absolute atomic E-state index is 12.4. The van der Waals surface area contributed by atoms with Crippen molar-refractivity contribution in [1.29, 1.82) is 0 Å². The minimum Gasteiger partial charge on any atom is -0.492 e. The van der Waals surface area contributed by atoms with Gasteiger partial charge >= 0.3 is 0 Å². The molecule has 1 aromatic carbocycles. The Morgan fingerprint density at radius 1 is 1.26 bits per heavy atom. The van der Waals surface area contributed by atoms with E-state index in [0.29, 0.717) is 24.3 Å². The van der Waals surface area contributed by atoms with Crippen molar-refractivity contribution in [3.8, 4) is 16.9 Å². The number of ether oxygens (including phenoxy) is 1. The molecule has 1 N–H and O–H groups in total. The average Bonchev–Trinajstić information content (AvgIpc) is 2.91. The first-order chi connectivity index (χ1) is 11.0. The number of carbonyl (C=O) groups is 1. The number of ketones is 1. The second-order valence-electron chi connectivity index (χ2n) is 6.75. The summed E-state index contributed by atoms with van der Waals surface area (Å²) in [7, 11) is 0. The standard InChI is InChI=1S/C18H17N3O2/c1-18(2)6-15(22)12-4-3-11(5-16(12)23-9-18)13-8-20-17-14(13)7-19-10-21-17/h3-5,7-8,10H,6,9H2,1-2H3,(H,19,20,21). The van der Waals surface area contributed by atoms with Crippen LogP contribution in [0.15, 0.2) is 36.9 Å². The van der Waals surface area contributed by atoms with Crippen molar-refractivity contribution in [3.63, 3.8) is 0 Å². The molecule has 0 atom stereocenters. The van der Waals surface area contributed by atoms with Crippen molar-refractivity contribution in [2.24, 2.45) is 5.41 Å². The zero-order valence-corrected chi connectivity index (χ0v) is 13.1. The van der Waals surface area contributed by atoms with E-state index in [9.17, 15) is 4.79 Å². The Kier molecular flexibility index (Phi) is 2.98. The van der Waals surface area contributed by atoms with Crippen LogP contribution in [0.3, 0.4) is 0 Å². The van der Waals surface area contributed by atoms with Crippen LogP contribution >= 0.6 is 0 Å². The van der Waals surface area contributed by atoms with Crippen molar-refractivity contribution in [2.45, 2.75) is 20.3 Å². The van der Waals surface area contributed by atoms with Crippen LogP contribution in [-0.2, 0) is 0 Å². The van der Waals surface area contributed by atoms with E-state index in [1.807, 2.05) is 24.4 Å². The molecule has 0 saturated carbocycles. The lowest BCUT2D eigenvalue weighted by atomic mass is 9.87. The minimum atomic E-state index is -0.148. The topological polar surface area (TPSA) is 67.9 Å². The van der Waals surface area contributed by atoms with Crippen molar-refractivity contribution in [3.05, 3.63) is 42.5 Å². The molecule has 0 aliphatic carbocycles. The summed E-state index contributed by atoms with van der Waals surface area (Å²) < 4.78 is 5.92. The third-order valence-electron chi connectivity index (χ3n) is 4.21. The van der Waals surface area contributed by atoms with Gasteiger partial charge in [0, 0.05) is 35.2 Å². The first-order valence-electron chi connectivity index (χ1n) is 7.61. The molecule has 0 radical (unpaired) electrons. The number of carbonyl (C=O) groups excluding carboxylic acids is 1. The molecule has 0 amide bonds. The van der Waals surface area contributed by atoms with E-state index in [0.717, 1.165) is 22.2 Å². The van der Waals surface area contributed by atoms with Crippen LogP contribution in [0, 0.1) is 5.41 Å². The Morgan fingerprint density at radius 2 is 2.13 bits per heavy atom. The monoisotopic (exact) mass is 307 g/mol. The Bertz CT molecular complexity index is 912. The lowest BCUT2D eigenvalue weighted by molar-refractivity contribution is 0.0918. The van der Waals surface area contributed by atoms with Crippen LogP contribution in [0.1, 0.15) is 30.6 Å². The number of hydrogen-bond acceptors (Lipinski definition) is 4. The largest absolute Gasteiger partial charge is 0.492 e. The summed E-state index contributed by atoms with van der Waals surface area (Å²) >= 11 is 0. The van der Waals surface area contributed by atoms with E-state index in [2.05, 4.69) is 28.8 Å². The Hall–Kier alpha value is -2.69. The zero-order chi connectivity index (χ0) is 16.0. The van der Waals surface area contributed by atoms with E-state index in [1.54, 1.807) is 6.20 Å². The first kappa shape index (κ1) is 13.9. The zero-order valence-electron chi connectivity index (χ0n) is 13.1. The molecule has 1 aliphatic heterocycles. The van der Waals surface area contributed by atoms with Crippen LogP contribution < -0.4 is 4.74 Å². The maximum atomic E-state index is 12.4. The second kappa shape index (κ2) is 4.91. The van der Waals surface area contributed by atoms with Gasteiger partial charge < -0.3 is 9.72 Å². The summed E-state index contributed by atoms with van der Waals surface area (Å²) in [6, 6.07) is 5.75. The van der Waals surface area contributed by atoms with Crippen LogP contribution in [0.25, 0.3) is 22.2 Å². The number of nitrogens with one attached hydrogen (secondary N) is 1. The van der Waals surface area contributed by atoms with Gasteiger partial charge in [0.2, 0.25) is 0 Å². The predicted molar refractivity (Wildman–Crippen MR) is 87.5 cm³/mol. The van der Waals surface area contributed by atoms with Crippen LogP contribution in [0.5, 0.6) is 5.75 Å². The summed E-state index contributed by atoms with van der Waals surface area (Å²) in [5, 5.41) is 0.952. The molecule has 116 valence electrons. The molecular weight excluding hydrogens is 290 g/mol. The van der Waals surface area contributed by atoms with Crippen LogP contribution in [0.4, 0.5) is 0 Å². The molecule has 0 fully saturated rings. The van der Waals surface area contributed by atoms with Gasteiger partial charge in [0.05, 0.1) is 12.2 Å². The Labute approximate surface area is 133 Å². The number of aromatic nitrogens is 3. The summed E-state index contributed by atoms with van der Waals surface area (Å²) in [6.45, 7) is 4.63. The molecule has 3 aromatic rings. The fraction of sp³-hybridized carbons (Fsp3) is 0.278.